The van der Waals surface area contributed by atoms with E-state index < -0.39 is 5.60 Å². The lowest BCUT2D eigenvalue weighted by molar-refractivity contribution is -0.117. The van der Waals surface area contributed by atoms with E-state index in [-0.39, 0.29) is 17.7 Å². The van der Waals surface area contributed by atoms with Gasteiger partial charge in [0.05, 0.1) is 17.8 Å². The number of halogens is 1. The molecular weight excluding hydrogens is 486 g/mol. The number of amides is 1. The summed E-state index contributed by atoms with van der Waals surface area (Å²) >= 11 is 6.10. The Kier molecular flexibility index (Phi) is 5.92. The first-order valence-corrected chi connectivity index (χ1v) is 13.1. The Labute approximate surface area is 220 Å². The molecule has 0 unspecified atom stereocenters. The Morgan fingerprint density at radius 3 is 2.76 bits per heavy atom. The van der Waals surface area contributed by atoms with Crippen molar-refractivity contribution < 1.29 is 9.90 Å². The highest BCUT2D eigenvalue weighted by Crippen LogP contribution is 2.48. The Hall–Kier alpha value is -3.42. The maximum absolute atomic E-state index is 12.8. The summed E-state index contributed by atoms with van der Waals surface area (Å²) in [6.07, 6.45) is 9.03. The SMILES string of the molecule is CC(C)(O)c1cc(C2CC2)cn2cc(CNc3ccnc(NC(=O)[C@H]4C[C@@H]4c4cccc(Cl)c4)c3)nc12. The van der Waals surface area contributed by atoms with Gasteiger partial charge in [-0.05, 0) is 80.3 Å². The van der Waals surface area contributed by atoms with Gasteiger partial charge in [0.25, 0.3) is 0 Å². The molecule has 8 heteroatoms. The fraction of sp³-hybridized carbons (Fsp3) is 0.345. The van der Waals surface area contributed by atoms with Crippen molar-refractivity contribution in [2.45, 2.75) is 57.1 Å². The van der Waals surface area contributed by atoms with Crippen LogP contribution < -0.4 is 10.6 Å². The number of rotatable bonds is 8. The fourth-order valence-electron chi connectivity index (χ4n) is 4.96. The van der Waals surface area contributed by atoms with Crippen LogP contribution >= 0.6 is 11.6 Å². The van der Waals surface area contributed by atoms with Crippen LogP contribution in [0, 0.1) is 5.92 Å². The molecule has 0 saturated heterocycles. The number of carbonyl (C=O) groups is 1. The number of hydrogen-bond donors (Lipinski definition) is 3. The molecule has 4 aromatic rings. The average Bonchev–Trinajstić information content (AvgIpc) is 3.78. The number of benzene rings is 1. The minimum atomic E-state index is -0.978. The summed E-state index contributed by atoms with van der Waals surface area (Å²) in [7, 11) is 0. The van der Waals surface area contributed by atoms with Crippen LogP contribution in [0.4, 0.5) is 11.5 Å². The van der Waals surface area contributed by atoms with E-state index in [4.69, 9.17) is 16.6 Å². The predicted molar refractivity (Wildman–Crippen MR) is 145 cm³/mol. The first-order chi connectivity index (χ1) is 17.7. The Morgan fingerprint density at radius 2 is 2.00 bits per heavy atom. The molecule has 3 aromatic heterocycles. The maximum Gasteiger partial charge on any atom is 0.229 e. The second-order valence-corrected chi connectivity index (χ2v) is 11.2. The minimum absolute atomic E-state index is 0.0272. The number of anilines is 2. The zero-order valence-electron chi connectivity index (χ0n) is 20.9. The third-order valence-electron chi connectivity index (χ3n) is 7.22. The van der Waals surface area contributed by atoms with Crippen LogP contribution in [-0.2, 0) is 16.9 Å². The van der Waals surface area contributed by atoms with Gasteiger partial charge in [-0.25, -0.2) is 9.97 Å². The van der Waals surface area contributed by atoms with Gasteiger partial charge in [0.15, 0.2) is 0 Å². The molecule has 3 heterocycles. The van der Waals surface area contributed by atoms with Crippen molar-refractivity contribution in [1.29, 1.82) is 0 Å². The number of carbonyl (C=O) groups excluding carboxylic acids is 1. The smallest absolute Gasteiger partial charge is 0.229 e. The van der Waals surface area contributed by atoms with Crippen LogP contribution in [0.3, 0.4) is 0 Å². The molecule has 2 saturated carbocycles. The third-order valence-corrected chi connectivity index (χ3v) is 7.45. The molecule has 0 aliphatic heterocycles. The lowest BCUT2D eigenvalue weighted by Gasteiger charge is -2.19. The molecule has 7 nitrogen and oxygen atoms in total. The van der Waals surface area contributed by atoms with Gasteiger partial charge in [0.1, 0.15) is 11.5 Å². The van der Waals surface area contributed by atoms with E-state index in [9.17, 15) is 9.90 Å². The Morgan fingerprint density at radius 1 is 1.16 bits per heavy atom. The summed E-state index contributed by atoms with van der Waals surface area (Å²) in [6.45, 7) is 4.11. The van der Waals surface area contributed by atoms with Gasteiger partial charge >= 0.3 is 0 Å². The number of aromatic nitrogens is 3. The van der Waals surface area contributed by atoms with E-state index in [0.717, 1.165) is 34.6 Å². The van der Waals surface area contributed by atoms with Gasteiger partial charge in [0.2, 0.25) is 5.91 Å². The number of pyridine rings is 2. The van der Waals surface area contributed by atoms with E-state index >= 15 is 0 Å². The number of aliphatic hydroxyl groups is 1. The van der Waals surface area contributed by atoms with E-state index in [1.807, 2.05) is 47.0 Å². The van der Waals surface area contributed by atoms with E-state index in [2.05, 4.69) is 27.9 Å². The van der Waals surface area contributed by atoms with E-state index in [0.29, 0.717) is 23.3 Å². The number of nitrogens with one attached hydrogen (secondary N) is 2. The monoisotopic (exact) mass is 515 g/mol. The first-order valence-electron chi connectivity index (χ1n) is 12.8. The van der Waals surface area contributed by atoms with Crippen LogP contribution in [-0.4, -0.2) is 25.4 Å². The molecule has 190 valence electrons. The van der Waals surface area contributed by atoms with Crippen molar-refractivity contribution in [2.24, 2.45) is 5.92 Å². The highest BCUT2D eigenvalue weighted by molar-refractivity contribution is 6.30. The number of imidazole rings is 1. The summed E-state index contributed by atoms with van der Waals surface area (Å²) in [6, 6.07) is 13.5. The van der Waals surface area contributed by atoms with Gasteiger partial charge in [-0.1, -0.05) is 23.7 Å². The number of hydrogen-bond acceptors (Lipinski definition) is 5. The molecule has 1 aromatic carbocycles. The Bertz CT molecular complexity index is 1490. The van der Waals surface area contributed by atoms with Crippen molar-refractivity contribution in [3.63, 3.8) is 0 Å². The number of nitrogens with zero attached hydrogens (tertiary/aromatic N) is 3. The largest absolute Gasteiger partial charge is 0.386 e. The Balaban J connectivity index is 1.12. The second kappa shape index (κ2) is 9.15. The van der Waals surface area contributed by atoms with Crippen molar-refractivity contribution >= 4 is 34.7 Å². The van der Waals surface area contributed by atoms with E-state index in [1.165, 1.54) is 18.4 Å². The molecule has 0 bridgehead atoms. The second-order valence-electron chi connectivity index (χ2n) is 10.8. The molecule has 37 heavy (non-hydrogen) atoms. The van der Waals surface area contributed by atoms with Crippen molar-refractivity contribution in [3.05, 3.63) is 88.5 Å². The van der Waals surface area contributed by atoms with Gasteiger partial charge in [0, 0.05) is 46.8 Å². The molecule has 2 aliphatic carbocycles. The van der Waals surface area contributed by atoms with Crippen LogP contribution in [0.1, 0.15) is 67.3 Å². The van der Waals surface area contributed by atoms with Crippen molar-refractivity contribution in [2.75, 3.05) is 10.6 Å². The molecule has 2 aliphatic rings. The van der Waals surface area contributed by atoms with Gasteiger partial charge < -0.3 is 20.1 Å². The lowest BCUT2D eigenvalue weighted by Crippen LogP contribution is -2.17. The van der Waals surface area contributed by atoms with Gasteiger partial charge in [-0.3, -0.25) is 4.79 Å². The zero-order chi connectivity index (χ0) is 25.7. The van der Waals surface area contributed by atoms with Crippen molar-refractivity contribution in [1.82, 2.24) is 14.4 Å². The van der Waals surface area contributed by atoms with Crippen LogP contribution in [0.2, 0.25) is 5.02 Å². The summed E-state index contributed by atoms with van der Waals surface area (Å²) in [4.78, 5) is 21.9. The summed E-state index contributed by atoms with van der Waals surface area (Å²) in [5.41, 5.74) is 4.69. The van der Waals surface area contributed by atoms with Crippen LogP contribution in [0.5, 0.6) is 0 Å². The molecule has 1 amide bonds. The molecule has 2 fully saturated rings. The zero-order valence-corrected chi connectivity index (χ0v) is 21.7. The molecule has 6 rings (SSSR count). The summed E-state index contributed by atoms with van der Waals surface area (Å²) in [5, 5.41) is 17.8. The number of fused-ring (bicyclic) bond motifs is 1. The topological polar surface area (TPSA) is 91.5 Å². The highest BCUT2D eigenvalue weighted by atomic mass is 35.5. The van der Waals surface area contributed by atoms with Gasteiger partial charge in [-0.2, -0.15) is 0 Å². The normalized spacial score (nSPS) is 19.1. The summed E-state index contributed by atoms with van der Waals surface area (Å²) in [5.74, 6) is 1.20. The van der Waals surface area contributed by atoms with Gasteiger partial charge in [-0.15, -0.1) is 0 Å². The van der Waals surface area contributed by atoms with Crippen molar-refractivity contribution in [3.8, 4) is 0 Å². The quantitative estimate of drug-likeness (QED) is 0.274. The van der Waals surface area contributed by atoms with Crippen LogP contribution in [0.25, 0.3) is 5.65 Å². The molecular formula is C29H30ClN5O2. The highest BCUT2D eigenvalue weighted by Gasteiger charge is 2.44. The summed E-state index contributed by atoms with van der Waals surface area (Å²) < 4.78 is 2.03. The minimum Gasteiger partial charge on any atom is -0.386 e. The predicted octanol–water partition coefficient (Wildman–Crippen LogP) is 5.84. The molecule has 0 radical (unpaired) electrons. The first kappa shape index (κ1) is 23.9. The molecule has 2 atom stereocenters. The van der Waals surface area contributed by atoms with E-state index in [1.54, 1.807) is 20.0 Å². The standard InChI is InChI=1S/C29H30ClN5O2/c1-29(2,37)25-11-19(17-6-7-17)15-35-16-22(33-27(25)35)14-32-21-8-9-31-26(12-21)34-28(36)24-13-23(24)18-4-3-5-20(30)10-18/h3-5,8-12,15-17,23-24,37H,6-7,13-14H2,1-2H3,(H2,31,32,34,36)/t23-,24+/m1/s1. The fourth-order valence-corrected chi connectivity index (χ4v) is 5.16. The third kappa shape index (κ3) is 5.20. The molecule has 0 spiro atoms. The van der Waals surface area contributed by atoms with Crippen LogP contribution in [0.15, 0.2) is 61.1 Å². The average molecular weight is 516 g/mol. The maximum atomic E-state index is 12.8. The lowest BCUT2D eigenvalue weighted by atomic mass is 9.97. The molecule has 3 N–H and O–H groups in total.